The number of hydrogen-bond donors (Lipinski definition) is 1. The Balaban J connectivity index is 2.33. The molecule has 0 radical (unpaired) electrons. The Morgan fingerprint density at radius 2 is 2.23 bits per heavy atom. The molecule has 13 heavy (non-hydrogen) atoms. The van der Waals surface area contributed by atoms with Gasteiger partial charge in [0.2, 0.25) is 0 Å². The fourth-order valence-electron chi connectivity index (χ4n) is 1.61. The maximum absolute atomic E-state index is 6.10. The molecule has 2 N–H and O–H groups in total. The molecule has 0 aliphatic heterocycles. The highest BCUT2D eigenvalue weighted by Crippen LogP contribution is 2.42. The highest BCUT2D eigenvalue weighted by atomic mass is 15.3. The summed E-state index contributed by atoms with van der Waals surface area (Å²) in [5.74, 6) is 0. The summed E-state index contributed by atoms with van der Waals surface area (Å²) in [6.07, 6.45) is 3.66. The first-order valence-corrected chi connectivity index (χ1v) is 4.38. The molecule has 1 aliphatic rings. The second-order valence-electron chi connectivity index (χ2n) is 3.60. The van der Waals surface area contributed by atoms with Gasteiger partial charge in [0, 0.05) is 0 Å². The van der Waals surface area contributed by atoms with Crippen LogP contribution in [0.3, 0.4) is 0 Å². The van der Waals surface area contributed by atoms with Gasteiger partial charge in [-0.2, -0.15) is 5.10 Å². The van der Waals surface area contributed by atoms with Gasteiger partial charge in [-0.05, 0) is 25.0 Å². The van der Waals surface area contributed by atoms with E-state index in [4.69, 9.17) is 5.73 Å². The molecule has 4 heteroatoms. The molecule has 2 aromatic heterocycles. The first-order chi connectivity index (χ1) is 6.30. The van der Waals surface area contributed by atoms with Gasteiger partial charge in [-0.3, -0.25) is 0 Å². The Hall–Kier alpha value is -1.42. The standard InChI is InChI=1S/C9H10N4/c10-9(4-5-9)7-2-1-3-8-11-6-12-13(7)8/h1-3,6H,4-5,10H2. The summed E-state index contributed by atoms with van der Waals surface area (Å²) in [5, 5.41) is 4.15. The van der Waals surface area contributed by atoms with E-state index in [1.165, 1.54) is 0 Å². The second kappa shape index (κ2) is 2.09. The summed E-state index contributed by atoms with van der Waals surface area (Å²) in [6, 6.07) is 5.93. The minimum absolute atomic E-state index is 0.146. The molecule has 66 valence electrons. The van der Waals surface area contributed by atoms with Gasteiger partial charge in [0.1, 0.15) is 6.33 Å². The molecule has 1 saturated carbocycles. The number of nitrogens with two attached hydrogens (primary N) is 1. The van der Waals surface area contributed by atoms with Crippen LogP contribution in [0.4, 0.5) is 0 Å². The molecule has 1 aliphatic carbocycles. The lowest BCUT2D eigenvalue weighted by Gasteiger charge is -2.09. The first-order valence-electron chi connectivity index (χ1n) is 4.38. The van der Waals surface area contributed by atoms with Crippen LogP contribution in [-0.2, 0) is 5.54 Å². The van der Waals surface area contributed by atoms with E-state index in [2.05, 4.69) is 10.1 Å². The highest BCUT2D eigenvalue weighted by Gasteiger charge is 2.42. The van der Waals surface area contributed by atoms with Crippen molar-refractivity contribution in [3.63, 3.8) is 0 Å². The second-order valence-corrected chi connectivity index (χ2v) is 3.60. The molecular weight excluding hydrogens is 164 g/mol. The number of aromatic nitrogens is 3. The number of hydrogen-bond acceptors (Lipinski definition) is 3. The largest absolute Gasteiger partial charge is 0.320 e. The average molecular weight is 174 g/mol. The van der Waals surface area contributed by atoms with Gasteiger partial charge in [0.05, 0.1) is 11.2 Å². The summed E-state index contributed by atoms with van der Waals surface area (Å²) in [5.41, 5.74) is 7.90. The zero-order chi connectivity index (χ0) is 8.89. The third-order valence-electron chi connectivity index (χ3n) is 2.60. The molecule has 3 rings (SSSR count). The van der Waals surface area contributed by atoms with Crippen molar-refractivity contribution in [2.75, 3.05) is 0 Å². The van der Waals surface area contributed by atoms with E-state index in [1.807, 2.05) is 22.7 Å². The monoisotopic (exact) mass is 174 g/mol. The summed E-state index contributed by atoms with van der Waals surface area (Å²) >= 11 is 0. The van der Waals surface area contributed by atoms with Gasteiger partial charge in [0.15, 0.2) is 5.65 Å². The van der Waals surface area contributed by atoms with Crippen LogP contribution in [0.2, 0.25) is 0 Å². The first kappa shape index (κ1) is 7.03. The molecule has 4 nitrogen and oxygen atoms in total. The van der Waals surface area contributed by atoms with E-state index in [0.29, 0.717) is 0 Å². The molecule has 0 atom stereocenters. The third-order valence-corrected chi connectivity index (χ3v) is 2.60. The lowest BCUT2D eigenvalue weighted by atomic mass is 10.2. The molecular formula is C9H10N4. The topological polar surface area (TPSA) is 56.2 Å². The van der Waals surface area contributed by atoms with Gasteiger partial charge < -0.3 is 5.73 Å². The van der Waals surface area contributed by atoms with Gasteiger partial charge in [0.25, 0.3) is 0 Å². The van der Waals surface area contributed by atoms with Crippen LogP contribution in [0.5, 0.6) is 0 Å². The zero-order valence-electron chi connectivity index (χ0n) is 7.14. The minimum atomic E-state index is -0.146. The van der Waals surface area contributed by atoms with Crippen LogP contribution in [0.1, 0.15) is 18.5 Å². The molecule has 2 heterocycles. The van der Waals surface area contributed by atoms with Crippen molar-refractivity contribution < 1.29 is 0 Å². The fraction of sp³-hybridized carbons (Fsp3) is 0.333. The van der Waals surface area contributed by atoms with Gasteiger partial charge in [-0.15, -0.1) is 0 Å². The molecule has 0 aromatic carbocycles. The van der Waals surface area contributed by atoms with Crippen LogP contribution >= 0.6 is 0 Å². The van der Waals surface area contributed by atoms with E-state index in [9.17, 15) is 0 Å². The van der Waals surface area contributed by atoms with Crippen molar-refractivity contribution in [1.29, 1.82) is 0 Å². The van der Waals surface area contributed by atoms with Crippen molar-refractivity contribution in [1.82, 2.24) is 14.6 Å². The normalized spacial score (nSPS) is 19.2. The zero-order valence-corrected chi connectivity index (χ0v) is 7.14. The van der Waals surface area contributed by atoms with Crippen molar-refractivity contribution >= 4 is 5.65 Å². The van der Waals surface area contributed by atoms with Crippen LogP contribution in [-0.4, -0.2) is 14.6 Å². The minimum Gasteiger partial charge on any atom is -0.320 e. The third kappa shape index (κ3) is 0.890. The molecule has 1 fully saturated rings. The predicted octanol–water partition coefficient (Wildman–Crippen LogP) is 0.677. The number of fused-ring (bicyclic) bond motifs is 1. The molecule has 0 amide bonds. The maximum Gasteiger partial charge on any atom is 0.155 e. The maximum atomic E-state index is 6.10. The Morgan fingerprint density at radius 1 is 1.38 bits per heavy atom. The quantitative estimate of drug-likeness (QED) is 0.691. The van der Waals surface area contributed by atoms with Crippen LogP contribution in [0.15, 0.2) is 24.5 Å². The van der Waals surface area contributed by atoms with E-state index < -0.39 is 0 Å². The molecule has 0 spiro atoms. The molecule has 0 saturated heterocycles. The Kier molecular flexibility index (Phi) is 1.13. The summed E-state index contributed by atoms with van der Waals surface area (Å²) < 4.78 is 1.83. The van der Waals surface area contributed by atoms with Crippen molar-refractivity contribution in [2.24, 2.45) is 5.73 Å². The van der Waals surface area contributed by atoms with Crippen molar-refractivity contribution in [3.8, 4) is 0 Å². The van der Waals surface area contributed by atoms with E-state index in [-0.39, 0.29) is 5.54 Å². The van der Waals surface area contributed by atoms with Gasteiger partial charge >= 0.3 is 0 Å². The lowest BCUT2D eigenvalue weighted by molar-refractivity contribution is 0.669. The fourth-order valence-corrected chi connectivity index (χ4v) is 1.61. The predicted molar refractivity (Wildman–Crippen MR) is 48.1 cm³/mol. The number of pyridine rings is 1. The van der Waals surface area contributed by atoms with Crippen LogP contribution < -0.4 is 5.73 Å². The van der Waals surface area contributed by atoms with Gasteiger partial charge in [-0.25, -0.2) is 9.50 Å². The SMILES string of the molecule is NC1(c2cccc3ncnn23)CC1. The number of nitrogens with zero attached hydrogens (tertiary/aromatic N) is 3. The number of rotatable bonds is 1. The summed E-state index contributed by atoms with van der Waals surface area (Å²) in [6.45, 7) is 0. The molecule has 0 unspecified atom stereocenters. The van der Waals surface area contributed by atoms with E-state index in [1.54, 1.807) is 6.33 Å². The van der Waals surface area contributed by atoms with E-state index >= 15 is 0 Å². The molecule has 0 bridgehead atoms. The Morgan fingerprint density at radius 3 is 3.00 bits per heavy atom. The summed E-state index contributed by atoms with van der Waals surface area (Å²) in [4.78, 5) is 4.12. The summed E-state index contributed by atoms with van der Waals surface area (Å²) in [7, 11) is 0. The smallest absolute Gasteiger partial charge is 0.155 e. The van der Waals surface area contributed by atoms with Gasteiger partial charge in [-0.1, -0.05) is 6.07 Å². The van der Waals surface area contributed by atoms with Crippen LogP contribution in [0.25, 0.3) is 5.65 Å². The molecule has 2 aromatic rings. The highest BCUT2D eigenvalue weighted by molar-refractivity contribution is 5.40. The van der Waals surface area contributed by atoms with E-state index in [0.717, 1.165) is 24.2 Å². The lowest BCUT2D eigenvalue weighted by Crippen LogP contribution is -2.22. The Labute approximate surface area is 75.4 Å². The van der Waals surface area contributed by atoms with Crippen molar-refractivity contribution in [2.45, 2.75) is 18.4 Å². The Bertz CT molecular complexity index is 455. The van der Waals surface area contributed by atoms with Crippen LogP contribution in [0, 0.1) is 0 Å². The average Bonchev–Trinajstić information content (AvgIpc) is 2.72. The van der Waals surface area contributed by atoms with Crippen molar-refractivity contribution in [3.05, 3.63) is 30.2 Å².